The standard InChI is InChI=1S/C16H39Si3.C4H8O.Li/c1-13(2)17(7,8)16(18(9,10)14(3)4)19(11,12)15(5)6;1-2-4-5-3-1;/h13-15H,1-12H3;1-4H2;/q-1;;+1. The third-order valence-corrected chi connectivity index (χ3v) is 31.2. The van der Waals surface area contributed by atoms with Crippen LogP contribution >= 0.6 is 0 Å². The van der Waals surface area contributed by atoms with Crippen molar-refractivity contribution in [3.8, 4) is 0 Å². The summed E-state index contributed by atoms with van der Waals surface area (Å²) in [5.74, 6) is 0. The first kappa shape index (κ1) is 28.4. The Bertz CT molecular complexity index is 307. The van der Waals surface area contributed by atoms with Gasteiger partial charge in [-0.25, -0.2) is 0 Å². The summed E-state index contributed by atoms with van der Waals surface area (Å²) in [7, 11) is -3.80. The van der Waals surface area contributed by atoms with E-state index in [0.29, 0.717) is 0 Å². The molecule has 0 radical (unpaired) electrons. The summed E-state index contributed by atoms with van der Waals surface area (Å²) >= 11 is 0. The van der Waals surface area contributed by atoms with E-state index in [-0.39, 0.29) is 18.9 Å². The van der Waals surface area contributed by atoms with E-state index in [4.69, 9.17) is 4.74 Å². The van der Waals surface area contributed by atoms with Crippen LogP contribution in [-0.2, 0) is 4.74 Å². The van der Waals surface area contributed by atoms with Gasteiger partial charge in [-0.1, -0.05) is 122 Å². The molecule has 0 bridgehead atoms. The molecule has 1 saturated heterocycles. The van der Waals surface area contributed by atoms with E-state index >= 15 is 0 Å². The zero-order valence-corrected chi connectivity index (χ0v) is 23.0. The maximum Gasteiger partial charge on any atom is 1.00 e. The number of hydrogen-bond donors (Lipinski definition) is 0. The van der Waals surface area contributed by atoms with Gasteiger partial charge in [0.2, 0.25) is 0 Å². The second kappa shape index (κ2) is 11.3. The van der Waals surface area contributed by atoms with Gasteiger partial charge in [-0.2, -0.15) is 0 Å². The van der Waals surface area contributed by atoms with Crippen molar-refractivity contribution in [2.75, 3.05) is 13.2 Å². The molecular weight excluding hydrogens is 347 g/mol. The van der Waals surface area contributed by atoms with Crippen LogP contribution in [0.5, 0.6) is 0 Å². The van der Waals surface area contributed by atoms with Crippen LogP contribution in [0.3, 0.4) is 0 Å². The summed E-state index contributed by atoms with van der Waals surface area (Å²) in [6, 6.07) is 0. The first-order chi connectivity index (χ1) is 10.7. The van der Waals surface area contributed by atoms with Crippen LogP contribution < -0.4 is 18.9 Å². The summed E-state index contributed by atoms with van der Waals surface area (Å²) < 4.78 is 4.94. The van der Waals surface area contributed by atoms with E-state index in [2.05, 4.69) is 85.6 Å². The van der Waals surface area contributed by atoms with E-state index in [0.717, 1.165) is 29.8 Å². The summed E-state index contributed by atoms with van der Waals surface area (Å²) in [5.41, 5.74) is 2.62. The van der Waals surface area contributed by atoms with Crippen molar-refractivity contribution in [1.29, 1.82) is 0 Å². The van der Waals surface area contributed by atoms with Crippen molar-refractivity contribution < 1.29 is 23.6 Å². The van der Waals surface area contributed by atoms with Gasteiger partial charge in [0.15, 0.2) is 0 Å². The van der Waals surface area contributed by atoms with E-state index in [1.54, 1.807) is 0 Å². The molecule has 0 aliphatic carbocycles. The Morgan fingerprint density at radius 3 is 0.960 bits per heavy atom. The molecule has 1 nitrogen and oxygen atoms in total. The van der Waals surface area contributed by atoms with Gasteiger partial charge in [0.25, 0.3) is 0 Å². The van der Waals surface area contributed by atoms with Crippen LogP contribution in [-0.4, -0.2) is 37.4 Å². The minimum Gasteiger partial charge on any atom is -0.381 e. The Labute approximate surface area is 175 Å². The second-order valence-corrected chi connectivity index (χ2v) is 27.1. The fourth-order valence-electron chi connectivity index (χ4n) is 3.87. The molecule has 25 heavy (non-hydrogen) atoms. The zero-order chi connectivity index (χ0) is 19.3. The van der Waals surface area contributed by atoms with Gasteiger partial charge >= 0.3 is 18.9 Å². The maximum atomic E-state index is 4.94. The molecule has 0 spiro atoms. The third-order valence-electron chi connectivity index (χ3n) is 7.09. The minimum atomic E-state index is -1.27. The average Bonchev–Trinajstić information content (AvgIpc) is 2.95. The van der Waals surface area contributed by atoms with Crippen LogP contribution in [0.1, 0.15) is 54.4 Å². The molecular formula is C20H47LiOSi3. The van der Waals surface area contributed by atoms with Crippen LogP contribution in [0.25, 0.3) is 0 Å². The van der Waals surface area contributed by atoms with Crippen molar-refractivity contribution >= 4 is 24.2 Å². The number of rotatable bonds is 6. The number of ether oxygens (including phenoxy) is 1. The van der Waals surface area contributed by atoms with Crippen LogP contribution in [0.2, 0.25) is 55.9 Å². The average molecular weight is 395 g/mol. The first-order valence-electron chi connectivity index (χ1n) is 10.2. The molecule has 1 fully saturated rings. The van der Waals surface area contributed by atoms with E-state index in [9.17, 15) is 0 Å². The molecule has 146 valence electrons. The fraction of sp³-hybridized carbons (Fsp3) is 0.950. The molecule has 1 rings (SSSR count). The van der Waals surface area contributed by atoms with E-state index in [1.807, 2.05) is 0 Å². The van der Waals surface area contributed by atoms with E-state index in [1.165, 1.54) is 12.8 Å². The molecule has 1 heterocycles. The Balaban J connectivity index is 0. The predicted octanol–water partition coefficient (Wildman–Crippen LogP) is 4.33. The van der Waals surface area contributed by atoms with Gasteiger partial charge in [0.05, 0.1) is 0 Å². The van der Waals surface area contributed by atoms with Crippen molar-refractivity contribution in [2.24, 2.45) is 0 Å². The monoisotopic (exact) mass is 394 g/mol. The van der Waals surface area contributed by atoms with Crippen LogP contribution in [0, 0.1) is 4.79 Å². The second-order valence-electron chi connectivity index (χ2n) is 10.3. The summed E-state index contributed by atoms with van der Waals surface area (Å²) in [6.07, 6.45) is 2.56. The van der Waals surface area contributed by atoms with Crippen molar-refractivity contribution in [3.63, 3.8) is 0 Å². The smallest absolute Gasteiger partial charge is 0.381 e. The molecule has 0 aromatic carbocycles. The normalized spacial score (nSPS) is 16.3. The first-order valence-corrected chi connectivity index (χ1v) is 19.4. The SMILES string of the molecule is C1CCOC1.CC(C)[Si](C)(C)[C-]([Si](C)(C)C(C)C)[Si](C)(C)C(C)C.[Li+]. The fourth-order valence-corrected chi connectivity index (χ4v) is 30.7. The quantitative estimate of drug-likeness (QED) is 0.481. The van der Waals surface area contributed by atoms with Crippen LogP contribution in [0.4, 0.5) is 0 Å². The molecule has 0 amide bonds. The Kier molecular flexibility index (Phi) is 12.8. The molecule has 0 unspecified atom stereocenters. The molecule has 0 N–H and O–H groups in total. The molecule has 0 saturated carbocycles. The van der Waals surface area contributed by atoms with Gasteiger partial charge in [-0.15, -0.1) is 0 Å². The Morgan fingerprint density at radius 2 is 0.840 bits per heavy atom. The van der Waals surface area contributed by atoms with Crippen molar-refractivity contribution in [1.82, 2.24) is 0 Å². The van der Waals surface area contributed by atoms with Crippen molar-refractivity contribution in [3.05, 3.63) is 4.79 Å². The van der Waals surface area contributed by atoms with Gasteiger partial charge in [0, 0.05) is 13.2 Å². The van der Waals surface area contributed by atoms with Gasteiger partial charge in [-0.3, -0.25) is 0 Å². The summed E-state index contributed by atoms with van der Waals surface area (Å²) in [4.78, 5) is 2.16. The molecule has 0 atom stereocenters. The van der Waals surface area contributed by atoms with Crippen LogP contribution in [0.15, 0.2) is 0 Å². The van der Waals surface area contributed by atoms with Gasteiger partial charge in [0.1, 0.15) is 0 Å². The largest absolute Gasteiger partial charge is 1.00 e. The summed E-state index contributed by atoms with van der Waals surface area (Å²) in [5, 5.41) is 0. The topological polar surface area (TPSA) is 9.23 Å². The Morgan fingerprint density at radius 1 is 0.600 bits per heavy atom. The number of hydrogen-bond acceptors (Lipinski definition) is 1. The molecule has 1 aliphatic heterocycles. The van der Waals surface area contributed by atoms with E-state index < -0.39 is 24.2 Å². The maximum absolute atomic E-state index is 4.94. The summed E-state index contributed by atoms with van der Waals surface area (Å²) in [6.45, 7) is 32.8. The minimum absolute atomic E-state index is 0. The van der Waals surface area contributed by atoms with Gasteiger partial charge in [-0.05, 0) is 12.8 Å². The molecule has 0 aromatic heterocycles. The Hall–Kier alpha value is 1.21. The third kappa shape index (κ3) is 7.62. The van der Waals surface area contributed by atoms with Gasteiger partial charge < -0.3 is 9.52 Å². The molecule has 1 aliphatic rings. The zero-order valence-electron chi connectivity index (χ0n) is 20.0. The van der Waals surface area contributed by atoms with Crippen molar-refractivity contribution in [2.45, 2.75) is 110 Å². The molecule has 5 heteroatoms. The molecule has 0 aromatic rings. The predicted molar refractivity (Wildman–Crippen MR) is 121 cm³/mol.